The number of benzene rings is 1. The highest BCUT2D eigenvalue weighted by Gasteiger charge is 2.15. The molecule has 0 aliphatic carbocycles. The average Bonchev–Trinajstić information content (AvgIpc) is 2.78. The molecule has 1 heterocycles. The fourth-order valence-corrected chi connectivity index (χ4v) is 1.87. The van der Waals surface area contributed by atoms with E-state index in [1.54, 1.807) is 6.92 Å². The summed E-state index contributed by atoms with van der Waals surface area (Å²) < 4.78 is 5.48. The molecule has 4 nitrogen and oxygen atoms in total. The molecule has 0 saturated carbocycles. The first-order valence-electron chi connectivity index (χ1n) is 5.23. The Bertz CT molecular complexity index is 510. The summed E-state index contributed by atoms with van der Waals surface area (Å²) in [4.78, 5) is 11.1. The number of aromatic nitrogens is 2. The lowest BCUT2D eigenvalue weighted by Gasteiger charge is -2.01. The van der Waals surface area contributed by atoms with Crippen LogP contribution in [0.5, 0.6) is 0 Å². The molecule has 0 fully saturated rings. The van der Waals surface area contributed by atoms with Gasteiger partial charge in [0.1, 0.15) is 5.78 Å². The third-order valence-electron chi connectivity index (χ3n) is 2.28. The fraction of sp³-hybridized carbons (Fsp3) is 0.250. The van der Waals surface area contributed by atoms with Gasteiger partial charge in [-0.1, -0.05) is 30.0 Å². The van der Waals surface area contributed by atoms with Crippen molar-refractivity contribution in [2.24, 2.45) is 0 Å². The molecule has 0 spiro atoms. The Hall–Kier alpha value is -1.62. The topological polar surface area (TPSA) is 56.0 Å². The Morgan fingerprint density at radius 1 is 1.29 bits per heavy atom. The summed E-state index contributed by atoms with van der Waals surface area (Å²) in [6, 6.07) is 9.54. The quantitative estimate of drug-likeness (QED) is 0.779. The Labute approximate surface area is 103 Å². The van der Waals surface area contributed by atoms with Crippen LogP contribution in [0.3, 0.4) is 0 Å². The molecule has 0 N–H and O–H groups in total. The lowest BCUT2D eigenvalue weighted by atomic mass is 10.2. The van der Waals surface area contributed by atoms with Crippen molar-refractivity contribution in [3.63, 3.8) is 0 Å². The van der Waals surface area contributed by atoms with Gasteiger partial charge in [-0.25, -0.2) is 0 Å². The molecule has 17 heavy (non-hydrogen) atoms. The molecule has 5 heteroatoms. The van der Waals surface area contributed by atoms with Crippen molar-refractivity contribution in [3.8, 4) is 11.5 Å². The number of Topliss-reactive ketones (excluding diaryl/α,β-unsaturated/α-hetero) is 1. The molecule has 2 rings (SSSR count). The van der Waals surface area contributed by atoms with E-state index in [-0.39, 0.29) is 11.0 Å². The Morgan fingerprint density at radius 2 is 2.00 bits per heavy atom. The van der Waals surface area contributed by atoms with Gasteiger partial charge < -0.3 is 4.42 Å². The van der Waals surface area contributed by atoms with Crippen LogP contribution in [-0.4, -0.2) is 21.2 Å². The van der Waals surface area contributed by atoms with Gasteiger partial charge in [0.05, 0.1) is 5.25 Å². The van der Waals surface area contributed by atoms with E-state index in [1.807, 2.05) is 37.3 Å². The minimum Gasteiger partial charge on any atom is -0.411 e. The maximum absolute atomic E-state index is 11.1. The highest BCUT2D eigenvalue weighted by Crippen LogP contribution is 2.25. The van der Waals surface area contributed by atoms with E-state index in [0.29, 0.717) is 11.1 Å². The summed E-state index contributed by atoms with van der Waals surface area (Å²) in [5.41, 5.74) is 0.877. The van der Waals surface area contributed by atoms with E-state index in [4.69, 9.17) is 4.42 Å². The molecule has 0 radical (unpaired) electrons. The molecule has 1 atom stereocenters. The first-order chi connectivity index (χ1) is 8.16. The van der Waals surface area contributed by atoms with E-state index in [1.165, 1.54) is 11.8 Å². The minimum absolute atomic E-state index is 0.0921. The largest absolute Gasteiger partial charge is 0.411 e. The molecule has 0 amide bonds. The Balaban J connectivity index is 2.14. The molecule has 88 valence electrons. The van der Waals surface area contributed by atoms with Gasteiger partial charge >= 0.3 is 0 Å². The number of hydrogen-bond donors (Lipinski definition) is 0. The van der Waals surface area contributed by atoms with Crippen LogP contribution >= 0.6 is 11.8 Å². The molecule has 1 aromatic heterocycles. The third-order valence-corrected chi connectivity index (χ3v) is 3.33. The van der Waals surface area contributed by atoms with Crippen molar-refractivity contribution < 1.29 is 9.21 Å². The molecule has 0 saturated heterocycles. The predicted octanol–water partition coefficient (Wildman–Crippen LogP) is 2.81. The molecular weight excluding hydrogens is 236 g/mol. The monoisotopic (exact) mass is 248 g/mol. The number of hydrogen-bond acceptors (Lipinski definition) is 5. The molecule has 0 bridgehead atoms. The summed E-state index contributed by atoms with van der Waals surface area (Å²) in [6.45, 7) is 3.37. The Morgan fingerprint density at radius 3 is 2.65 bits per heavy atom. The van der Waals surface area contributed by atoms with Crippen molar-refractivity contribution in [1.29, 1.82) is 0 Å². The van der Waals surface area contributed by atoms with E-state index in [0.717, 1.165) is 5.56 Å². The van der Waals surface area contributed by atoms with Crippen molar-refractivity contribution >= 4 is 17.5 Å². The zero-order valence-electron chi connectivity index (χ0n) is 9.58. The average molecular weight is 248 g/mol. The molecule has 0 aliphatic heterocycles. The fourth-order valence-electron chi connectivity index (χ4n) is 1.19. The van der Waals surface area contributed by atoms with Crippen LogP contribution in [0, 0.1) is 0 Å². The zero-order chi connectivity index (χ0) is 12.3. The lowest BCUT2D eigenvalue weighted by Crippen LogP contribution is -2.07. The van der Waals surface area contributed by atoms with Gasteiger partial charge in [-0.05, 0) is 26.0 Å². The van der Waals surface area contributed by atoms with Crippen LogP contribution in [0.2, 0.25) is 0 Å². The van der Waals surface area contributed by atoms with E-state index >= 15 is 0 Å². The van der Waals surface area contributed by atoms with Crippen LogP contribution in [0.25, 0.3) is 11.5 Å². The highest BCUT2D eigenvalue weighted by atomic mass is 32.2. The minimum atomic E-state index is -0.168. The second-order valence-corrected chi connectivity index (χ2v) is 4.90. The van der Waals surface area contributed by atoms with E-state index in [2.05, 4.69) is 10.2 Å². The normalized spacial score (nSPS) is 12.4. The summed E-state index contributed by atoms with van der Waals surface area (Å²) in [6.07, 6.45) is 0. The van der Waals surface area contributed by atoms with Crippen molar-refractivity contribution in [3.05, 3.63) is 30.3 Å². The van der Waals surface area contributed by atoms with Gasteiger partial charge in [0.2, 0.25) is 5.89 Å². The molecule has 0 aliphatic rings. The van der Waals surface area contributed by atoms with E-state index in [9.17, 15) is 4.79 Å². The number of carbonyl (C=O) groups excluding carboxylic acids is 1. The molecule has 1 unspecified atom stereocenters. The zero-order valence-corrected chi connectivity index (χ0v) is 10.4. The number of ketones is 1. The van der Waals surface area contributed by atoms with Gasteiger partial charge in [-0.2, -0.15) is 0 Å². The van der Waals surface area contributed by atoms with Crippen LogP contribution < -0.4 is 0 Å². The number of thioether (sulfide) groups is 1. The van der Waals surface area contributed by atoms with Crippen molar-refractivity contribution in [1.82, 2.24) is 10.2 Å². The number of nitrogens with zero attached hydrogens (tertiary/aromatic N) is 2. The van der Waals surface area contributed by atoms with Crippen LogP contribution in [0.15, 0.2) is 40.0 Å². The second kappa shape index (κ2) is 5.14. The second-order valence-electron chi connectivity index (χ2n) is 3.61. The summed E-state index contributed by atoms with van der Waals surface area (Å²) in [5.74, 6) is 0.568. The first-order valence-corrected chi connectivity index (χ1v) is 6.11. The summed E-state index contributed by atoms with van der Waals surface area (Å²) >= 11 is 1.28. The number of rotatable bonds is 4. The van der Waals surface area contributed by atoms with Crippen molar-refractivity contribution in [2.45, 2.75) is 24.3 Å². The Kier molecular flexibility index (Phi) is 3.58. The van der Waals surface area contributed by atoms with Gasteiger partial charge in [0.15, 0.2) is 0 Å². The van der Waals surface area contributed by atoms with Gasteiger partial charge in [0, 0.05) is 5.56 Å². The summed E-state index contributed by atoms with van der Waals surface area (Å²) in [7, 11) is 0. The van der Waals surface area contributed by atoms with Crippen LogP contribution in [0.4, 0.5) is 0 Å². The number of carbonyl (C=O) groups is 1. The lowest BCUT2D eigenvalue weighted by molar-refractivity contribution is -0.116. The van der Waals surface area contributed by atoms with Gasteiger partial charge in [0.25, 0.3) is 5.22 Å². The van der Waals surface area contributed by atoms with Crippen LogP contribution in [0.1, 0.15) is 13.8 Å². The maximum Gasteiger partial charge on any atom is 0.277 e. The molecule has 2 aromatic rings. The molecule has 1 aromatic carbocycles. The van der Waals surface area contributed by atoms with E-state index < -0.39 is 0 Å². The standard InChI is InChI=1S/C12H12N2O2S/c1-8(15)9(2)17-12-14-13-11(16-12)10-6-4-3-5-7-10/h3-7,9H,1-2H3. The highest BCUT2D eigenvalue weighted by molar-refractivity contribution is 8.00. The smallest absolute Gasteiger partial charge is 0.277 e. The summed E-state index contributed by atoms with van der Waals surface area (Å²) in [5, 5.41) is 8.11. The van der Waals surface area contributed by atoms with Gasteiger partial charge in [-0.15, -0.1) is 10.2 Å². The third kappa shape index (κ3) is 2.94. The molecular formula is C12H12N2O2S. The SMILES string of the molecule is CC(=O)C(C)Sc1nnc(-c2ccccc2)o1. The van der Waals surface area contributed by atoms with Crippen LogP contribution in [-0.2, 0) is 4.79 Å². The maximum atomic E-state index is 11.1. The van der Waals surface area contributed by atoms with Gasteiger partial charge in [-0.3, -0.25) is 4.79 Å². The predicted molar refractivity (Wildman–Crippen MR) is 65.7 cm³/mol. The van der Waals surface area contributed by atoms with Crippen molar-refractivity contribution in [2.75, 3.05) is 0 Å². The first kappa shape index (κ1) is 11.9.